The van der Waals surface area contributed by atoms with Crippen molar-refractivity contribution in [2.45, 2.75) is 13.5 Å². The number of hydrogen-bond donors (Lipinski definition) is 1. The van der Waals surface area contributed by atoms with Crippen LogP contribution in [0.2, 0.25) is 0 Å². The molecule has 0 bridgehead atoms. The van der Waals surface area contributed by atoms with Gasteiger partial charge >= 0.3 is 6.61 Å². The van der Waals surface area contributed by atoms with E-state index >= 15 is 0 Å². The molecule has 2 heterocycles. The average Bonchev–Trinajstić information content (AvgIpc) is 3.10. The minimum Gasteiger partial charge on any atom is -0.435 e. The normalized spacial score (nSPS) is 11.0. The van der Waals surface area contributed by atoms with E-state index in [1.165, 1.54) is 47.9 Å². The Morgan fingerprint density at radius 3 is 2.47 bits per heavy atom. The molecule has 1 N–H and O–H groups in total. The van der Waals surface area contributed by atoms with Crippen LogP contribution < -0.4 is 15.6 Å². The molecule has 0 aliphatic carbocycles. The van der Waals surface area contributed by atoms with Gasteiger partial charge in [-0.3, -0.25) is 19.0 Å². The van der Waals surface area contributed by atoms with Gasteiger partial charge in [-0.25, -0.2) is 0 Å². The van der Waals surface area contributed by atoms with Crippen LogP contribution in [0.25, 0.3) is 15.9 Å². The maximum Gasteiger partial charge on any atom is 0.387 e. The first-order valence-electron chi connectivity index (χ1n) is 9.46. The molecular weight excluding hydrogens is 438 g/mol. The number of thiophene rings is 1. The van der Waals surface area contributed by atoms with Crippen LogP contribution in [-0.4, -0.2) is 22.9 Å². The van der Waals surface area contributed by atoms with Crippen LogP contribution in [0.1, 0.15) is 22.8 Å². The predicted octanol–water partition coefficient (Wildman–Crippen LogP) is 4.84. The molecule has 0 radical (unpaired) electrons. The lowest BCUT2D eigenvalue weighted by Crippen LogP contribution is -2.16. The Bertz CT molecular complexity index is 1380. The molecule has 0 saturated carbocycles. The monoisotopic (exact) mass is 454 g/mol. The number of fused-ring (bicyclic) bond motifs is 1. The van der Waals surface area contributed by atoms with Gasteiger partial charge in [0.25, 0.3) is 5.56 Å². The summed E-state index contributed by atoms with van der Waals surface area (Å²) in [4.78, 5) is 38.4. The molecule has 6 nitrogen and oxygen atoms in total. The Hall–Kier alpha value is -3.85. The number of carbonyl (C=O) groups is 2. The van der Waals surface area contributed by atoms with Gasteiger partial charge in [0, 0.05) is 23.9 Å². The largest absolute Gasteiger partial charge is 0.435 e. The van der Waals surface area contributed by atoms with E-state index in [1.54, 1.807) is 24.3 Å². The molecule has 0 aliphatic rings. The van der Waals surface area contributed by atoms with Crippen molar-refractivity contribution in [3.8, 4) is 11.4 Å². The molecule has 0 fully saturated rings. The quantitative estimate of drug-likeness (QED) is 0.423. The van der Waals surface area contributed by atoms with E-state index in [4.69, 9.17) is 0 Å². The number of nitrogens with one attached hydrogen (secondary N) is 1. The summed E-state index contributed by atoms with van der Waals surface area (Å²) in [5.41, 5.74) is 0.571. The molecule has 32 heavy (non-hydrogen) atoms. The Morgan fingerprint density at radius 1 is 1.03 bits per heavy atom. The lowest BCUT2D eigenvalue weighted by molar-refractivity contribution is -0.114. The van der Waals surface area contributed by atoms with Gasteiger partial charge in [0.2, 0.25) is 5.91 Å². The molecule has 1 amide bonds. The first-order valence-corrected chi connectivity index (χ1v) is 10.3. The van der Waals surface area contributed by atoms with Crippen molar-refractivity contribution >= 4 is 38.2 Å². The van der Waals surface area contributed by atoms with Crippen molar-refractivity contribution in [3.63, 3.8) is 0 Å². The lowest BCUT2D eigenvalue weighted by atomic mass is 10.0. The Kier molecular flexibility index (Phi) is 5.83. The van der Waals surface area contributed by atoms with Gasteiger partial charge in [-0.15, -0.1) is 0 Å². The van der Waals surface area contributed by atoms with Gasteiger partial charge in [-0.2, -0.15) is 8.78 Å². The summed E-state index contributed by atoms with van der Waals surface area (Å²) in [6.45, 7) is -1.72. The molecule has 9 heteroatoms. The molecule has 0 unspecified atom stereocenters. The van der Waals surface area contributed by atoms with Crippen molar-refractivity contribution in [3.05, 3.63) is 88.2 Å². The van der Waals surface area contributed by atoms with Crippen molar-refractivity contribution in [2.24, 2.45) is 0 Å². The van der Waals surface area contributed by atoms with Crippen LogP contribution in [-0.2, 0) is 4.79 Å². The number of alkyl halides is 2. The number of nitrogens with zero attached hydrogens (tertiary/aromatic N) is 1. The summed E-state index contributed by atoms with van der Waals surface area (Å²) in [6, 6.07) is 17.2. The zero-order chi connectivity index (χ0) is 22.8. The van der Waals surface area contributed by atoms with E-state index < -0.39 is 18.3 Å². The van der Waals surface area contributed by atoms with Gasteiger partial charge in [-0.05, 0) is 30.3 Å². The Morgan fingerprint density at radius 2 is 1.78 bits per heavy atom. The van der Waals surface area contributed by atoms with Crippen LogP contribution in [0.3, 0.4) is 0 Å². The minimum absolute atomic E-state index is 0.104. The smallest absolute Gasteiger partial charge is 0.387 e. The molecule has 0 saturated heterocycles. The second-order valence-corrected chi connectivity index (χ2v) is 7.78. The van der Waals surface area contributed by atoms with E-state index in [1.807, 2.05) is 6.07 Å². The summed E-state index contributed by atoms with van der Waals surface area (Å²) in [6.07, 6.45) is 0. The molecular formula is C23H16F2N2O4S. The van der Waals surface area contributed by atoms with Gasteiger partial charge in [-0.1, -0.05) is 41.7 Å². The minimum atomic E-state index is -3.03. The molecule has 0 atom stereocenters. The van der Waals surface area contributed by atoms with Crippen LogP contribution >= 0.6 is 11.3 Å². The summed E-state index contributed by atoms with van der Waals surface area (Å²) < 4.78 is 31.1. The van der Waals surface area contributed by atoms with E-state index in [2.05, 4.69) is 10.1 Å². The lowest BCUT2D eigenvalue weighted by Gasteiger charge is -2.08. The molecule has 4 aromatic rings. The summed E-state index contributed by atoms with van der Waals surface area (Å²) in [5, 5.41) is 3.36. The highest BCUT2D eigenvalue weighted by atomic mass is 32.1. The number of anilines is 1. The van der Waals surface area contributed by atoms with Crippen LogP contribution in [0, 0.1) is 0 Å². The van der Waals surface area contributed by atoms with E-state index in [-0.39, 0.29) is 27.4 Å². The van der Waals surface area contributed by atoms with Gasteiger partial charge in [0.15, 0.2) is 5.78 Å². The highest BCUT2D eigenvalue weighted by Crippen LogP contribution is 2.37. The highest BCUT2D eigenvalue weighted by Gasteiger charge is 2.24. The van der Waals surface area contributed by atoms with Gasteiger partial charge < -0.3 is 10.1 Å². The fourth-order valence-electron chi connectivity index (χ4n) is 3.33. The Balaban J connectivity index is 1.93. The molecule has 4 rings (SSSR count). The maximum atomic E-state index is 13.4. The number of pyridine rings is 1. The molecule has 0 spiro atoms. The third kappa shape index (κ3) is 4.15. The van der Waals surface area contributed by atoms with Crippen molar-refractivity contribution in [1.29, 1.82) is 0 Å². The van der Waals surface area contributed by atoms with E-state index in [0.717, 1.165) is 11.3 Å². The van der Waals surface area contributed by atoms with Crippen LogP contribution in [0.4, 0.5) is 13.8 Å². The number of para-hydroxylation sites is 1. The second-order valence-electron chi connectivity index (χ2n) is 6.78. The van der Waals surface area contributed by atoms with Crippen LogP contribution in [0.15, 0.2) is 71.5 Å². The second kappa shape index (κ2) is 8.72. The number of halogens is 2. The number of benzene rings is 2. The third-order valence-electron chi connectivity index (χ3n) is 4.59. The van der Waals surface area contributed by atoms with E-state index in [9.17, 15) is 23.2 Å². The van der Waals surface area contributed by atoms with Gasteiger partial charge in [0.05, 0.1) is 11.3 Å². The molecule has 2 aromatic carbocycles. The molecule has 162 valence electrons. The van der Waals surface area contributed by atoms with Crippen molar-refractivity contribution < 1.29 is 23.1 Å². The zero-order valence-corrected chi connectivity index (χ0v) is 17.5. The highest BCUT2D eigenvalue weighted by molar-refractivity contribution is 7.23. The number of ether oxygens (including phenoxy) is 1. The van der Waals surface area contributed by atoms with Crippen molar-refractivity contribution in [1.82, 2.24) is 4.57 Å². The fraction of sp³-hybridized carbons (Fsp3) is 0.0870. The van der Waals surface area contributed by atoms with Gasteiger partial charge in [0.1, 0.15) is 15.6 Å². The average molecular weight is 454 g/mol. The number of rotatable bonds is 6. The molecule has 0 aliphatic heterocycles. The van der Waals surface area contributed by atoms with Crippen LogP contribution in [0.5, 0.6) is 5.75 Å². The maximum absolute atomic E-state index is 13.4. The summed E-state index contributed by atoms with van der Waals surface area (Å²) >= 11 is 1.08. The topological polar surface area (TPSA) is 77.4 Å². The number of aromatic nitrogens is 1. The number of ketones is 1. The van der Waals surface area contributed by atoms with Crippen molar-refractivity contribution in [2.75, 3.05) is 5.32 Å². The summed E-state index contributed by atoms with van der Waals surface area (Å²) in [7, 11) is 0. The summed E-state index contributed by atoms with van der Waals surface area (Å²) in [5.74, 6) is -1.06. The first kappa shape index (κ1) is 21.4. The van der Waals surface area contributed by atoms with E-state index in [0.29, 0.717) is 15.9 Å². The zero-order valence-electron chi connectivity index (χ0n) is 16.7. The molecule has 2 aromatic heterocycles. The number of amides is 1. The first-order chi connectivity index (χ1) is 15.3. The predicted molar refractivity (Wildman–Crippen MR) is 118 cm³/mol. The fourth-order valence-corrected chi connectivity index (χ4v) is 4.59. The Labute approximate surface area is 184 Å². The standard InChI is InChI=1S/C23H16F2N2O4S/c1-13(28)26-21-19(20(30)14-6-5-9-16(12-14)31-23(24)25)17-10-11-18(29)27(22(17)32-21)15-7-3-2-4-8-15/h2-12,23H,1H3,(H,26,28). The SMILES string of the molecule is CC(=O)Nc1sc2c(ccc(=O)n2-c2ccccc2)c1C(=O)c1cccc(OC(F)F)c1. The number of hydrogen-bond acceptors (Lipinski definition) is 5. The third-order valence-corrected chi connectivity index (χ3v) is 5.70. The number of carbonyl (C=O) groups excluding carboxylic acids is 2.